The van der Waals surface area contributed by atoms with E-state index in [1.165, 1.54) is 32.1 Å². The van der Waals surface area contributed by atoms with E-state index in [0.29, 0.717) is 32.0 Å². The standard InChI is InChI=1S/C27H45N3O3/c1-33-18-9-8-16-27(32,23-13-6-3-7-14-23)24-15-10-17-30(21-24)26(31)29-25(20-28)19-22-11-4-2-5-12-22/h3,6-7,13-14,22,24-25,32H,2,4-5,8-12,15-21,28H2,1H3,(H,29,31)/t24-,25+,27-/m1/s1. The van der Waals surface area contributed by atoms with Crippen molar-refractivity contribution in [3.05, 3.63) is 35.9 Å². The highest BCUT2D eigenvalue weighted by Gasteiger charge is 2.41. The van der Waals surface area contributed by atoms with Crippen molar-refractivity contribution < 1.29 is 14.6 Å². The van der Waals surface area contributed by atoms with E-state index in [-0.39, 0.29) is 18.0 Å². The summed E-state index contributed by atoms with van der Waals surface area (Å²) in [6, 6.07) is 9.99. The van der Waals surface area contributed by atoms with Crippen molar-refractivity contribution in [1.82, 2.24) is 10.2 Å². The summed E-state index contributed by atoms with van der Waals surface area (Å²) in [6.45, 7) is 2.48. The minimum absolute atomic E-state index is 0.0108. The van der Waals surface area contributed by atoms with E-state index in [0.717, 1.165) is 44.2 Å². The Morgan fingerprint density at radius 2 is 1.94 bits per heavy atom. The molecule has 0 bridgehead atoms. The van der Waals surface area contributed by atoms with E-state index in [4.69, 9.17) is 10.5 Å². The van der Waals surface area contributed by atoms with E-state index in [1.54, 1.807) is 7.11 Å². The fourth-order valence-corrected chi connectivity index (χ4v) is 5.81. The van der Waals surface area contributed by atoms with E-state index in [1.807, 2.05) is 35.2 Å². The van der Waals surface area contributed by atoms with Crippen LogP contribution < -0.4 is 11.1 Å². The summed E-state index contributed by atoms with van der Waals surface area (Å²) in [4.78, 5) is 15.1. The predicted octanol–water partition coefficient (Wildman–Crippen LogP) is 4.41. The number of piperidine rings is 1. The zero-order valence-electron chi connectivity index (χ0n) is 20.5. The summed E-state index contributed by atoms with van der Waals surface area (Å²) in [5.74, 6) is 0.689. The number of methoxy groups -OCH3 is 1. The number of hydrogen-bond donors (Lipinski definition) is 3. The highest BCUT2D eigenvalue weighted by molar-refractivity contribution is 5.74. The maximum atomic E-state index is 13.2. The number of ether oxygens (including phenoxy) is 1. The molecule has 33 heavy (non-hydrogen) atoms. The molecule has 1 heterocycles. The molecule has 1 saturated heterocycles. The summed E-state index contributed by atoms with van der Waals surface area (Å²) in [6.07, 6.45) is 11.7. The molecule has 186 valence electrons. The van der Waals surface area contributed by atoms with Gasteiger partial charge in [0.2, 0.25) is 0 Å². The van der Waals surface area contributed by atoms with Gasteiger partial charge in [0, 0.05) is 45.3 Å². The second-order valence-corrected chi connectivity index (χ2v) is 10.1. The molecule has 0 spiro atoms. The van der Waals surface area contributed by atoms with E-state index in [2.05, 4.69) is 5.32 Å². The van der Waals surface area contributed by atoms with Gasteiger partial charge in [0.15, 0.2) is 0 Å². The summed E-state index contributed by atoms with van der Waals surface area (Å²) >= 11 is 0. The zero-order valence-corrected chi connectivity index (χ0v) is 20.5. The third kappa shape index (κ3) is 7.43. The molecule has 3 rings (SSSR count). The average molecular weight is 460 g/mol. The Hall–Kier alpha value is -1.63. The van der Waals surface area contributed by atoms with Crippen LogP contribution in [-0.4, -0.2) is 55.4 Å². The van der Waals surface area contributed by atoms with Gasteiger partial charge in [0.25, 0.3) is 0 Å². The lowest BCUT2D eigenvalue weighted by Gasteiger charge is -2.43. The van der Waals surface area contributed by atoms with Crippen LogP contribution in [0.5, 0.6) is 0 Å². The van der Waals surface area contributed by atoms with Crippen molar-refractivity contribution in [2.24, 2.45) is 17.6 Å². The zero-order chi connectivity index (χ0) is 23.5. The molecule has 1 saturated carbocycles. The number of rotatable bonds is 11. The van der Waals surface area contributed by atoms with Crippen molar-refractivity contribution in [2.45, 2.75) is 82.3 Å². The minimum Gasteiger partial charge on any atom is -0.385 e. The third-order valence-corrected chi connectivity index (χ3v) is 7.77. The fraction of sp³-hybridized carbons (Fsp3) is 0.741. The number of carbonyl (C=O) groups is 1. The molecule has 1 aliphatic heterocycles. The smallest absolute Gasteiger partial charge is 0.317 e. The van der Waals surface area contributed by atoms with E-state index < -0.39 is 5.60 Å². The Balaban J connectivity index is 1.63. The number of hydrogen-bond acceptors (Lipinski definition) is 4. The lowest BCUT2D eigenvalue weighted by Crippen LogP contribution is -2.53. The van der Waals surface area contributed by atoms with Crippen LogP contribution >= 0.6 is 0 Å². The number of amides is 2. The van der Waals surface area contributed by atoms with Crippen LogP contribution in [0.4, 0.5) is 4.79 Å². The summed E-state index contributed by atoms with van der Waals surface area (Å²) in [5.41, 5.74) is 6.05. The van der Waals surface area contributed by atoms with Crippen LogP contribution in [-0.2, 0) is 10.3 Å². The number of nitrogens with zero attached hydrogens (tertiary/aromatic N) is 1. The van der Waals surface area contributed by atoms with Crippen LogP contribution in [0.25, 0.3) is 0 Å². The minimum atomic E-state index is -0.941. The molecule has 2 aliphatic rings. The van der Waals surface area contributed by atoms with Crippen LogP contribution in [0.2, 0.25) is 0 Å². The molecule has 3 atom stereocenters. The molecule has 2 amide bonds. The average Bonchev–Trinajstić information content (AvgIpc) is 2.87. The number of unbranched alkanes of at least 4 members (excludes halogenated alkanes) is 1. The molecular weight excluding hydrogens is 414 g/mol. The Morgan fingerprint density at radius 1 is 1.18 bits per heavy atom. The molecular formula is C27H45N3O3. The number of aliphatic hydroxyl groups is 1. The van der Waals surface area contributed by atoms with Crippen LogP contribution in [0.3, 0.4) is 0 Å². The monoisotopic (exact) mass is 459 g/mol. The lowest BCUT2D eigenvalue weighted by atomic mass is 9.74. The molecule has 1 aromatic rings. The first-order valence-electron chi connectivity index (χ1n) is 13.1. The molecule has 0 unspecified atom stereocenters. The van der Waals surface area contributed by atoms with Crippen molar-refractivity contribution in [3.8, 4) is 0 Å². The topological polar surface area (TPSA) is 87.8 Å². The molecule has 4 N–H and O–H groups in total. The normalized spacial score (nSPS) is 22.5. The SMILES string of the molecule is COCCCC[C@@](O)(c1ccccc1)[C@@H]1CCCN(C(=O)N[C@H](CN)CC2CCCCC2)C1. The Morgan fingerprint density at radius 3 is 2.64 bits per heavy atom. The van der Waals surface area contributed by atoms with E-state index >= 15 is 0 Å². The van der Waals surface area contributed by atoms with Crippen LogP contribution in [0, 0.1) is 11.8 Å². The molecule has 2 fully saturated rings. The Labute approximate surface area is 200 Å². The van der Waals surface area contributed by atoms with Gasteiger partial charge in [-0.1, -0.05) is 62.4 Å². The second-order valence-electron chi connectivity index (χ2n) is 10.1. The quantitative estimate of drug-likeness (QED) is 0.428. The Kier molecular flexibility index (Phi) is 10.5. The van der Waals surface area contributed by atoms with Gasteiger partial charge < -0.3 is 25.8 Å². The number of nitrogens with one attached hydrogen (secondary N) is 1. The van der Waals surface area contributed by atoms with Gasteiger partial charge in [-0.25, -0.2) is 4.79 Å². The number of likely N-dealkylation sites (tertiary alicyclic amines) is 1. The Bertz CT molecular complexity index is 695. The highest BCUT2D eigenvalue weighted by atomic mass is 16.5. The van der Waals surface area contributed by atoms with Gasteiger partial charge in [-0.05, 0) is 50.0 Å². The van der Waals surface area contributed by atoms with Gasteiger partial charge in [-0.3, -0.25) is 0 Å². The number of urea groups is 1. The maximum Gasteiger partial charge on any atom is 0.317 e. The number of nitrogens with two attached hydrogens (primary N) is 1. The molecule has 0 radical (unpaired) electrons. The fourth-order valence-electron chi connectivity index (χ4n) is 5.81. The second kappa shape index (κ2) is 13.3. The van der Waals surface area contributed by atoms with Crippen LogP contribution in [0.15, 0.2) is 30.3 Å². The summed E-state index contributed by atoms with van der Waals surface area (Å²) in [5, 5.41) is 15.2. The van der Waals surface area contributed by atoms with Crippen molar-refractivity contribution in [1.29, 1.82) is 0 Å². The number of benzene rings is 1. The van der Waals surface area contributed by atoms with Gasteiger partial charge >= 0.3 is 6.03 Å². The summed E-state index contributed by atoms with van der Waals surface area (Å²) in [7, 11) is 1.71. The van der Waals surface area contributed by atoms with Crippen molar-refractivity contribution in [3.63, 3.8) is 0 Å². The molecule has 1 aromatic carbocycles. The van der Waals surface area contributed by atoms with Gasteiger partial charge in [0.1, 0.15) is 0 Å². The largest absolute Gasteiger partial charge is 0.385 e. The predicted molar refractivity (Wildman–Crippen MR) is 133 cm³/mol. The first-order valence-corrected chi connectivity index (χ1v) is 13.1. The first-order chi connectivity index (χ1) is 16.1. The highest BCUT2D eigenvalue weighted by Crippen LogP contribution is 2.39. The molecule has 0 aromatic heterocycles. The lowest BCUT2D eigenvalue weighted by molar-refractivity contribution is -0.0564. The van der Waals surface area contributed by atoms with Gasteiger partial charge in [-0.15, -0.1) is 0 Å². The summed E-state index contributed by atoms with van der Waals surface area (Å²) < 4.78 is 5.21. The molecule has 6 nitrogen and oxygen atoms in total. The molecule has 6 heteroatoms. The van der Waals surface area contributed by atoms with Crippen molar-refractivity contribution in [2.75, 3.05) is 33.4 Å². The first kappa shape index (κ1) is 26.0. The van der Waals surface area contributed by atoms with Crippen LogP contribution in [0.1, 0.15) is 76.2 Å². The van der Waals surface area contributed by atoms with Gasteiger partial charge in [0.05, 0.1) is 5.60 Å². The maximum absolute atomic E-state index is 13.2. The van der Waals surface area contributed by atoms with Crippen molar-refractivity contribution >= 4 is 6.03 Å². The molecule has 1 aliphatic carbocycles. The van der Waals surface area contributed by atoms with E-state index in [9.17, 15) is 9.90 Å². The third-order valence-electron chi connectivity index (χ3n) is 7.77. The number of carbonyl (C=O) groups excluding carboxylic acids is 1. The van der Waals surface area contributed by atoms with Gasteiger partial charge in [-0.2, -0.15) is 0 Å².